The molecule has 2 aromatic heterocycles. The largest absolute Gasteiger partial charge is 0.494 e. The van der Waals surface area contributed by atoms with Gasteiger partial charge in [-0.2, -0.15) is 5.10 Å². The van der Waals surface area contributed by atoms with Gasteiger partial charge >= 0.3 is 0 Å². The smallest absolute Gasteiger partial charge is 0.144 e. The predicted molar refractivity (Wildman–Crippen MR) is 80.4 cm³/mol. The molecule has 0 atom stereocenters. The number of halogens is 3. The first-order chi connectivity index (χ1) is 9.60. The molecule has 0 saturated heterocycles. The molecule has 3 aromatic rings. The summed E-state index contributed by atoms with van der Waals surface area (Å²) in [5, 5.41) is 6.20. The number of nitrogens with zero attached hydrogens (tertiary/aromatic N) is 3. The highest BCUT2D eigenvalue weighted by Gasteiger charge is 2.14. The summed E-state index contributed by atoms with van der Waals surface area (Å²) in [6.45, 7) is 0. The van der Waals surface area contributed by atoms with Crippen molar-refractivity contribution in [2.45, 2.75) is 0 Å². The van der Waals surface area contributed by atoms with Gasteiger partial charge in [-0.15, -0.1) is 0 Å². The summed E-state index contributed by atoms with van der Waals surface area (Å²) in [5.41, 5.74) is 1.43. The maximum atomic E-state index is 6.06. The number of aromatic nitrogens is 3. The van der Waals surface area contributed by atoms with Gasteiger partial charge in [-0.25, -0.2) is 9.67 Å². The zero-order chi connectivity index (χ0) is 14.3. The Balaban J connectivity index is 2.33. The highest BCUT2D eigenvalue weighted by atomic mass is 35.5. The first-order valence-electron chi connectivity index (χ1n) is 5.64. The highest BCUT2D eigenvalue weighted by Crippen LogP contribution is 2.31. The van der Waals surface area contributed by atoms with Gasteiger partial charge in [0.1, 0.15) is 21.7 Å². The Kier molecular flexibility index (Phi) is 3.46. The van der Waals surface area contributed by atoms with Crippen molar-refractivity contribution in [3.63, 3.8) is 0 Å². The molecule has 0 fully saturated rings. The number of pyridine rings is 1. The highest BCUT2D eigenvalue weighted by molar-refractivity contribution is 6.36. The Hall–Kier alpha value is -1.49. The molecule has 0 aliphatic rings. The summed E-state index contributed by atoms with van der Waals surface area (Å²) >= 11 is 18.1. The van der Waals surface area contributed by atoms with E-state index in [2.05, 4.69) is 10.1 Å². The van der Waals surface area contributed by atoms with Crippen LogP contribution in [0.4, 0.5) is 0 Å². The molecular formula is C13H8Cl3N3O. The molecule has 2 heterocycles. The minimum Gasteiger partial charge on any atom is -0.494 e. The van der Waals surface area contributed by atoms with Gasteiger partial charge in [0, 0.05) is 11.1 Å². The molecule has 7 heteroatoms. The molecule has 0 radical (unpaired) electrons. The summed E-state index contributed by atoms with van der Waals surface area (Å²) in [7, 11) is 1.58. The van der Waals surface area contributed by atoms with Gasteiger partial charge in [-0.1, -0.05) is 34.8 Å². The molecule has 1 aromatic carbocycles. The topological polar surface area (TPSA) is 39.9 Å². The van der Waals surface area contributed by atoms with E-state index in [1.54, 1.807) is 42.3 Å². The van der Waals surface area contributed by atoms with Crippen LogP contribution < -0.4 is 4.74 Å². The summed E-state index contributed by atoms with van der Waals surface area (Å²) in [5.74, 6) is 0.642. The van der Waals surface area contributed by atoms with Crippen LogP contribution in [-0.2, 0) is 0 Å². The molecule has 0 N–H and O–H groups in total. The molecule has 0 aliphatic heterocycles. The van der Waals surface area contributed by atoms with Gasteiger partial charge in [-0.3, -0.25) is 0 Å². The van der Waals surface area contributed by atoms with Crippen LogP contribution in [0.15, 0.2) is 30.5 Å². The fourth-order valence-electron chi connectivity index (χ4n) is 1.98. The van der Waals surface area contributed by atoms with E-state index < -0.39 is 0 Å². The van der Waals surface area contributed by atoms with Crippen molar-refractivity contribution in [1.29, 1.82) is 0 Å². The molecule has 0 unspecified atom stereocenters. The average Bonchev–Trinajstić information content (AvgIpc) is 2.82. The average molecular weight is 329 g/mol. The first-order valence-corrected chi connectivity index (χ1v) is 6.77. The molecular weight excluding hydrogens is 321 g/mol. The Labute approximate surface area is 129 Å². The van der Waals surface area contributed by atoms with Gasteiger partial charge < -0.3 is 4.74 Å². The number of benzene rings is 1. The van der Waals surface area contributed by atoms with Crippen LogP contribution in [0.2, 0.25) is 15.3 Å². The summed E-state index contributed by atoms with van der Waals surface area (Å²) in [6, 6.07) is 6.97. The molecule has 102 valence electrons. The Bertz CT molecular complexity index is 801. The minimum absolute atomic E-state index is 0.297. The third-order valence-electron chi connectivity index (χ3n) is 2.86. The van der Waals surface area contributed by atoms with Crippen molar-refractivity contribution in [3.8, 4) is 11.4 Å². The lowest BCUT2D eigenvalue weighted by Crippen LogP contribution is -1.99. The van der Waals surface area contributed by atoms with Gasteiger partial charge in [0.2, 0.25) is 0 Å². The molecule has 4 nitrogen and oxygen atoms in total. The van der Waals surface area contributed by atoms with E-state index in [0.29, 0.717) is 32.2 Å². The summed E-state index contributed by atoms with van der Waals surface area (Å²) in [6.07, 6.45) is 1.63. The Morgan fingerprint density at radius 2 is 1.95 bits per heavy atom. The van der Waals surface area contributed by atoms with Gasteiger partial charge in [0.15, 0.2) is 0 Å². The van der Waals surface area contributed by atoms with E-state index in [-0.39, 0.29) is 0 Å². The second-order valence-electron chi connectivity index (χ2n) is 4.04. The van der Waals surface area contributed by atoms with E-state index in [4.69, 9.17) is 39.5 Å². The zero-order valence-electron chi connectivity index (χ0n) is 10.3. The molecule has 0 saturated carbocycles. The SMILES string of the molecule is COc1ccc(Cl)cc1-n1ncc2c(Cl)nc(Cl)cc21. The van der Waals surface area contributed by atoms with Crippen molar-refractivity contribution in [3.05, 3.63) is 45.8 Å². The summed E-state index contributed by atoms with van der Waals surface area (Å²) in [4.78, 5) is 3.99. The number of fused-ring (bicyclic) bond motifs is 1. The number of hydrogen-bond acceptors (Lipinski definition) is 3. The van der Waals surface area contributed by atoms with Crippen molar-refractivity contribution in [2.24, 2.45) is 0 Å². The fraction of sp³-hybridized carbons (Fsp3) is 0.0769. The van der Waals surface area contributed by atoms with E-state index in [0.717, 1.165) is 5.52 Å². The fourth-order valence-corrected chi connectivity index (χ4v) is 2.61. The molecule has 0 spiro atoms. The predicted octanol–water partition coefficient (Wildman–Crippen LogP) is 4.39. The van der Waals surface area contributed by atoms with Crippen molar-refractivity contribution in [1.82, 2.24) is 14.8 Å². The maximum Gasteiger partial charge on any atom is 0.144 e. The van der Waals surface area contributed by atoms with Crippen LogP contribution >= 0.6 is 34.8 Å². The second kappa shape index (κ2) is 5.13. The van der Waals surface area contributed by atoms with Crippen LogP contribution in [0, 0.1) is 0 Å². The molecule has 0 amide bonds. The van der Waals surface area contributed by atoms with Crippen LogP contribution in [0.1, 0.15) is 0 Å². The third kappa shape index (κ3) is 2.20. The number of ether oxygens (including phenoxy) is 1. The maximum absolute atomic E-state index is 6.06. The number of methoxy groups -OCH3 is 1. The van der Waals surface area contributed by atoms with E-state index in [1.165, 1.54) is 0 Å². The van der Waals surface area contributed by atoms with Crippen molar-refractivity contribution < 1.29 is 4.74 Å². The molecule has 3 rings (SSSR count). The van der Waals surface area contributed by atoms with Gasteiger partial charge in [-0.05, 0) is 18.2 Å². The number of hydrogen-bond donors (Lipinski definition) is 0. The van der Waals surface area contributed by atoms with Crippen molar-refractivity contribution in [2.75, 3.05) is 7.11 Å². The first kappa shape index (κ1) is 13.5. The monoisotopic (exact) mass is 327 g/mol. The van der Waals surface area contributed by atoms with Gasteiger partial charge in [0.25, 0.3) is 0 Å². The molecule has 0 aliphatic carbocycles. The minimum atomic E-state index is 0.297. The normalized spacial score (nSPS) is 11.0. The van der Waals surface area contributed by atoms with Crippen LogP contribution in [0.3, 0.4) is 0 Å². The van der Waals surface area contributed by atoms with E-state index in [1.807, 2.05) is 0 Å². The lowest BCUT2D eigenvalue weighted by molar-refractivity contribution is 0.412. The zero-order valence-corrected chi connectivity index (χ0v) is 12.5. The van der Waals surface area contributed by atoms with E-state index in [9.17, 15) is 0 Å². The molecule has 0 bridgehead atoms. The third-order valence-corrected chi connectivity index (χ3v) is 3.58. The van der Waals surface area contributed by atoms with E-state index >= 15 is 0 Å². The summed E-state index contributed by atoms with van der Waals surface area (Å²) < 4.78 is 7.00. The standard InChI is InChI=1S/C13H8Cl3N3O/c1-20-11-3-2-7(14)4-10(11)19-9-5-12(15)18-13(16)8(9)6-17-19/h2-6H,1H3. The van der Waals surface area contributed by atoms with Crippen LogP contribution in [-0.4, -0.2) is 21.9 Å². The lowest BCUT2D eigenvalue weighted by Gasteiger charge is -2.10. The quantitative estimate of drug-likeness (QED) is 0.655. The Morgan fingerprint density at radius 3 is 2.70 bits per heavy atom. The Morgan fingerprint density at radius 1 is 1.15 bits per heavy atom. The van der Waals surface area contributed by atoms with Crippen LogP contribution in [0.25, 0.3) is 16.6 Å². The second-order valence-corrected chi connectivity index (χ2v) is 5.22. The van der Waals surface area contributed by atoms with Crippen LogP contribution in [0.5, 0.6) is 5.75 Å². The lowest BCUT2D eigenvalue weighted by atomic mass is 10.2. The van der Waals surface area contributed by atoms with Gasteiger partial charge in [0.05, 0.1) is 24.2 Å². The number of rotatable bonds is 2. The molecule has 20 heavy (non-hydrogen) atoms. The van der Waals surface area contributed by atoms with Crippen molar-refractivity contribution >= 4 is 45.7 Å².